The summed E-state index contributed by atoms with van der Waals surface area (Å²) < 4.78 is 10.8. The summed E-state index contributed by atoms with van der Waals surface area (Å²) in [6.07, 6.45) is 0.181. The number of ether oxygens (including phenoxy) is 2. The minimum absolute atomic E-state index is 0.0206. The molecule has 2 aliphatic heterocycles. The number of benzene rings is 1. The lowest BCUT2D eigenvalue weighted by molar-refractivity contribution is -0.160. The van der Waals surface area contributed by atoms with Gasteiger partial charge in [-0.25, -0.2) is 0 Å². The van der Waals surface area contributed by atoms with Crippen molar-refractivity contribution in [1.82, 2.24) is 20.4 Å². The van der Waals surface area contributed by atoms with Crippen LogP contribution in [0.2, 0.25) is 0 Å². The third kappa shape index (κ3) is 5.60. The van der Waals surface area contributed by atoms with Crippen molar-refractivity contribution in [2.75, 3.05) is 12.5 Å². The van der Waals surface area contributed by atoms with Crippen molar-refractivity contribution in [3.05, 3.63) is 51.6 Å². The fraction of sp³-hybridized carbons (Fsp3) is 0.417. The number of aromatic nitrogens is 2. The highest BCUT2D eigenvalue weighted by molar-refractivity contribution is 8.00. The zero-order chi connectivity index (χ0) is 26.0. The van der Waals surface area contributed by atoms with E-state index in [-0.39, 0.29) is 35.5 Å². The van der Waals surface area contributed by atoms with Crippen LogP contribution in [0.3, 0.4) is 0 Å². The van der Waals surface area contributed by atoms with Crippen molar-refractivity contribution in [3.63, 3.8) is 0 Å². The first-order valence-electron chi connectivity index (χ1n) is 11.2. The van der Waals surface area contributed by atoms with Gasteiger partial charge < -0.3 is 14.8 Å². The van der Waals surface area contributed by atoms with Gasteiger partial charge >= 0.3 is 5.97 Å². The number of hydrogen-bond acceptors (Lipinski definition) is 10. The number of hydrogen-bond donors (Lipinski definition) is 1. The second-order valence-electron chi connectivity index (χ2n) is 9.30. The molecule has 9 nitrogen and oxygen atoms in total. The largest absolute Gasteiger partial charge is 0.445 e. The number of thiocarbonyl (C=S) groups is 1. The summed E-state index contributed by atoms with van der Waals surface area (Å²) in [4.78, 5) is 39.4. The van der Waals surface area contributed by atoms with E-state index in [0.717, 1.165) is 16.1 Å². The van der Waals surface area contributed by atoms with Gasteiger partial charge in [-0.2, -0.15) is 0 Å². The molecule has 1 aromatic heterocycles. The number of carbonyl (C=O) groups excluding carboxylic acids is 3. The number of nitrogens with zero attached hydrogens (tertiary/aromatic N) is 3. The Morgan fingerprint density at radius 3 is 2.56 bits per heavy atom. The molecule has 2 amide bonds. The van der Waals surface area contributed by atoms with E-state index in [9.17, 15) is 14.4 Å². The highest BCUT2D eigenvalue weighted by atomic mass is 32.2. The number of aryl methyl sites for hydroxylation is 1. The van der Waals surface area contributed by atoms with Crippen LogP contribution in [0.5, 0.6) is 0 Å². The average Bonchev–Trinajstić information content (AvgIpc) is 3.27. The molecule has 0 unspecified atom stereocenters. The fourth-order valence-corrected chi connectivity index (χ4v) is 6.06. The number of β-lactam (4-membered cyclic amide) rings is 1. The van der Waals surface area contributed by atoms with Crippen LogP contribution in [-0.2, 0) is 30.3 Å². The Bertz CT molecular complexity index is 1220. The molecule has 0 bridgehead atoms. The fourth-order valence-electron chi connectivity index (χ4n) is 3.62. The molecule has 12 heteroatoms. The van der Waals surface area contributed by atoms with Gasteiger partial charge in [-0.3, -0.25) is 19.3 Å². The standard InChI is InChI=1S/C24H26N4O5S3/c1-13-26-27-19(36-13)15-11-35-21-17(25-16(29)10-14-8-6-5-7-9-14)20(30)28(21)18(15)22(34)32-12-33-23(31)24(2,3)4/h5-9,17,21H,10-12H2,1-4H3,(H,25,29)/t17-,21-/m1/s1. The summed E-state index contributed by atoms with van der Waals surface area (Å²) in [5.41, 5.74) is 1.29. The molecule has 190 valence electrons. The molecular formula is C24H26N4O5S3. The molecule has 0 spiro atoms. The second kappa shape index (κ2) is 10.7. The quantitative estimate of drug-likeness (QED) is 0.242. The monoisotopic (exact) mass is 546 g/mol. The molecular weight excluding hydrogens is 520 g/mol. The Kier molecular flexibility index (Phi) is 7.76. The Morgan fingerprint density at radius 1 is 1.19 bits per heavy atom. The minimum Gasteiger partial charge on any atom is -0.445 e. The number of carbonyl (C=O) groups is 3. The Labute approximate surface area is 222 Å². The highest BCUT2D eigenvalue weighted by Gasteiger charge is 2.54. The van der Waals surface area contributed by atoms with Gasteiger partial charge in [-0.05, 0) is 45.5 Å². The number of thioether (sulfide) groups is 1. The van der Waals surface area contributed by atoms with Crippen molar-refractivity contribution in [2.24, 2.45) is 5.41 Å². The number of amides is 2. The molecule has 2 aliphatic rings. The second-order valence-corrected chi connectivity index (χ2v) is 12.0. The molecule has 0 aliphatic carbocycles. The van der Waals surface area contributed by atoms with Crippen LogP contribution in [0, 0.1) is 12.3 Å². The third-order valence-corrected chi connectivity index (χ3v) is 7.95. The van der Waals surface area contributed by atoms with E-state index in [1.54, 1.807) is 20.8 Å². The summed E-state index contributed by atoms with van der Waals surface area (Å²) in [7, 11) is 0. The van der Waals surface area contributed by atoms with E-state index in [1.807, 2.05) is 37.3 Å². The summed E-state index contributed by atoms with van der Waals surface area (Å²) in [6, 6.07) is 8.66. The van der Waals surface area contributed by atoms with Gasteiger partial charge in [0.1, 0.15) is 27.1 Å². The van der Waals surface area contributed by atoms with E-state index in [0.29, 0.717) is 16.5 Å². The van der Waals surface area contributed by atoms with Gasteiger partial charge in [0, 0.05) is 11.3 Å². The van der Waals surface area contributed by atoms with E-state index >= 15 is 0 Å². The summed E-state index contributed by atoms with van der Waals surface area (Å²) in [6.45, 7) is 6.67. The summed E-state index contributed by atoms with van der Waals surface area (Å²) in [5, 5.41) is 12.2. The van der Waals surface area contributed by atoms with Crippen LogP contribution in [0.4, 0.5) is 0 Å². The van der Waals surface area contributed by atoms with Crippen LogP contribution in [0.1, 0.15) is 36.3 Å². The Balaban J connectivity index is 1.50. The first-order valence-corrected chi connectivity index (χ1v) is 13.5. The molecule has 0 saturated carbocycles. The lowest BCUT2D eigenvalue weighted by Crippen LogP contribution is -2.70. The van der Waals surface area contributed by atoms with Crippen molar-refractivity contribution in [3.8, 4) is 0 Å². The molecule has 36 heavy (non-hydrogen) atoms. The van der Waals surface area contributed by atoms with Gasteiger partial charge in [0.2, 0.25) is 17.8 Å². The van der Waals surface area contributed by atoms with Crippen molar-refractivity contribution < 1.29 is 23.9 Å². The lowest BCUT2D eigenvalue weighted by Gasteiger charge is -2.50. The molecule has 3 heterocycles. The molecule has 1 aromatic carbocycles. The van der Waals surface area contributed by atoms with Crippen LogP contribution in [0.15, 0.2) is 36.0 Å². The van der Waals surface area contributed by atoms with E-state index < -0.39 is 17.4 Å². The molecule has 2 atom stereocenters. The van der Waals surface area contributed by atoms with Crippen molar-refractivity contribution in [2.45, 2.75) is 45.5 Å². The highest BCUT2D eigenvalue weighted by Crippen LogP contribution is 2.44. The van der Waals surface area contributed by atoms with Crippen LogP contribution in [-0.4, -0.2) is 61.9 Å². The average molecular weight is 547 g/mol. The first-order chi connectivity index (χ1) is 17.1. The molecule has 1 N–H and O–H groups in total. The first kappa shape index (κ1) is 26.2. The lowest BCUT2D eigenvalue weighted by atomic mass is 9.98. The van der Waals surface area contributed by atoms with Crippen molar-refractivity contribution >= 4 is 63.7 Å². The smallest absolute Gasteiger partial charge is 0.314 e. The molecule has 4 rings (SSSR count). The number of rotatable bonds is 7. The normalized spacial score (nSPS) is 19.3. The minimum atomic E-state index is -0.690. The van der Waals surface area contributed by atoms with Gasteiger partial charge in [-0.1, -0.05) is 41.7 Å². The zero-order valence-corrected chi connectivity index (χ0v) is 22.7. The molecule has 2 aromatic rings. The van der Waals surface area contributed by atoms with Gasteiger partial charge in [0.25, 0.3) is 5.91 Å². The Hall–Kier alpha value is -2.83. The van der Waals surface area contributed by atoms with Crippen molar-refractivity contribution in [1.29, 1.82) is 0 Å². The summed E-state index contributed by atoms with van der Waals surface area (Å²) in [5.74, 6) is -0.462. The maximum Gasteiger partial charge on any atom is 0.314 e. The third-order valence-electron chi connectivity index (χ3n) is 5.46. The van der Waals surface area contributed by atoms with Crippen LogP contribution in [0.25, 0.3) is 5.57 Å². The molecule has 0 radical (unpaired) electrons. The molecule has 1 saturated heterocycles. The van der Waals surface area contributed by atoms with Crippen LogP contribution < -0.4 is 5.32 Å². The van der Waals surface area contributed by atoms with Gasteiger partial charge in [-0.15, -0.1) is 22.0 Å². The maximum absolute atomic E-state index is 13.2. The van der Waals surface area contributed by atoms with Gasteiger partial charge in [0.05, 0.1) is 11.8 Å². The predicted octanol–water partition coefficient (Wildman–Crippen LogP) is 3.09. The number of fused-ring (bicyclic) bond motifs is 1. The zero-order valence-electron chi connectivity index (χ0n) is 20.3. The SMILES string of the molecule is Cc1nnc(C2=C(C(=S)OCOC(=O)C(C)(C)C)N3C(=O)[C@@H](NC(=O)Cc4ccccc4)[C@H]3SC2)s1. The van der Waals surface area contributed by atoms with E-state index in [1.165, 1.54) is 28.0 Å². The Morgan fingerprint density at radius 2 is 1.92 bits per heavy atom. The molecule has 1 fully saturated rings. The number of nitrogens with one attached hydrogen (secondary N) is 1. The number of esters is 1. The predicted molar refractivity (Wildman–Crippen MR) is 141 cm³/mol. The van der Waals surface area contributed by atoms with Gasteiger partial charge in [0.15, 0.2) is 0 Å². The summed E-state index contributed by atoms with van der Waals surface area (Å²) >= 11 is 8.42. The van der Waals surface area contributed by atoms with E-state index in [4.69, 9.17) is 21.7 Å². The topological polar surface area (TPSA) is 111 Å². The van der Waals surface area contributed by atoms with Crippen LogP contribution >= 0.6 is 35.3 Å². The maximum atomic E-state index is 13.2. The van der Waals surface area contributed by atoms with E-state index in [2.05, 4.69) is 15.5 Å².